The SMILES string of the molecule is CNC(=O)c1nnc(NC(=O)C2CC2)cc1Nc1cccc(C(=O)NC(C)C2CNC2)c1OC. The van der Waals surface area contributed by atoms with Crippen molar-refractivity contribution in [1.82, 2.24) is 26.1 Å². The number of ether oxygens (including phenoxy) is 1. The molecule has 2 aliphatic rings. The summed E-state index contributed by atoms with van der Waals surface area (Å²) in [4.78, 5) is 37.5. The number of rotatable bonds is 9. The van der Waals surface area contributed by atoms with Crippen molar-refractivity contribution in [3.8, 4) is 5.75 Å². The van der Waals surface area contributed by atoms with Crippen LogP contribution < -0.4 is 31.3 Å². The van der Waals surface area contributed by atoms with Gasteiger partial charge in [0.25, 0.3) is 11.8 Å². The van der Waals surface area contributed by atoms with Gasteiger partial charge >= 0.3 is 0 Å². The Balaban J connectivity index is 1.61. The smallest absolute Gasteiger partial charge is 0.273 e. The standard InChI is InChI=1S/C23H29N7O4/c1-12(14-10-25-11-14)26-22(32)15-5-4-6-16(20(15)34-3)27-17-9-18(28-21(31)13-7-8-13)29-30-19(17)23(33)24-2/h4-6,9,12-14,25H,7-8,10-11H2,1-3H3,(H,24,33)(H,26,32)(H2,27,28,29,31). The van der Waals surface area contributed by atoms with E-state index in [9.17, 15) is 14.4 Å². The number of nitrogens with zero attached hydrogens (tertiary/aromatic N) is 2. The first kappa shape index (κ1) is 23.4. The molecule has 1 aromatic carbocycles. The number of para-hydroxylation sites is 1. The van der Waals surface area contributed by atoms with Gasteiger partial charge in [-0.05, 0) is 31.9 Å². The second-order valence-electron chi connectivity index (χ2n) is 8.53. The zero-order valence-corrected chi connectivity index (χ0v) is 19.4. The highest BCUT2D eigenvalue weighted by atomic mass is 16.5. The molecule has 11 nitrogen and oxygen atoms in total. The predicted molar refractivity (Wildman–Crippen MR) is 126 cm³/mol. The molecule has 0 radical (unpaired) electrons. The molecule has 1 saturated heterocycles. The maximum absolute atomic E-state index is 13.0. The fraction of sp³-hybridized carbons (Fsp3) is 0.435. The number of amides is 3. The molecule has 2 heterocycles. The van der Waals surface area contributed by atoms with Crippen LogP contribution in [0.1, 0.15) is 40.6 Å². The molecule has 4 rings (SSSR count). The van der Waals surface area contributed by atoms with Gasteiger partial charge in [-0.15, -0.1) is 10.2 Å². The maximum atomic E-state index is 13.0. The van der Waals surface area contributed by atoms with Crippen molar-refractivity contribution >= 4 is 34.9 Å². The van der Waals surface area contributed by atoms with Gasteiger partial charge in [-0.25, -0.2) is 0 Å². The van der Waals surface area contributed by atoms with Crippen molar-refractivity contribution in [2.45, 2.75) is 25.8 Å². The minimum absolute atomic E-state index is 0.00905. The van der Waals surface area contributed by atoms with Crippen LogP contribution in [0.25, 0.3) is 0 Å². The molecule has 180 valence electrons. The van der Waals surface area contributed by atoms with E-state index in [0.29, 0.717) is 28.6 Å². The predicted octanol–water partition coefficient (Wildman–Crippen LogP) is 1.27. The number of hydrogen-bond donors (Lipinski definition) is 5. The number of nitrogens with one attached hydrogen (secondary N) is 5. The lowest BCUT2D eigenvalue weighted by Crippen LogP contribution is -2.53. The number of anilines is 3. The van der Waals surface area contributed by atoms with Crippen molar-refractivity contribution < 1.29 is 19.1 Å². The van der Waals surface area contributed by atoms with Crippen LogP contribution in [0.3, 0.4) is 0 Å². The molecule has 1 aliphatic heterocycles. The fourth-order valence-electron chi connectivity index (χ4n) is 3.65. The topological polar surface area (TPSA) is 146 Å². The van der Waals surface area contributed by atoms with Crippen LogP contribution in [0, 0.1) is 11.8 Å². The summed E-state index contributed by atoms with van der Waals surface area (Å²) in [6, 6.07) is 6.68. The summed E-state index contributed by atoms with van der Waals surface area (Å²) < 4.78 is 5.57. The summed E-state index contributed by atoms with van der Waals surface area (Å²) >= 11 is 0. The number of methoxy groups -OCH3 is 1. The van der Waals surface area contributed by atoms with Crippen molar-refractivity contribution in [2.24, 2.45) is 11.8 Å². The molecule has 1 saturated carbocycles. The Kier molecular flexibility index (Phi) is 6.92. The van der Waals surface area contributed by atoms with Gasteiger partial charge in [-0.3, -0.25) is 14.4 Å². The zero-order valence-electron chi connectivity index (χ0n) is 19.4. The lowest BCUT2D eigenvalue weighted by atomic mass is 9.95. The molecule has 5 N–H and O–H groups in total. The van der Waals surface area contributed by atoms with E-state index in [1.165, 1.54) is 20.2 Å². The summed E-state index contributed by atoms with van der Waals surface area (Å²) in [6.07, 6.45) is 1.70. The van der Waals surface area contributed by atoms with Gasteiger partial charge in [-0.2, -0.15) is 0 Å². The van der Waals surface area contributed by atoms with Crippen molar-refractivity contribution in [3.63, 3.8) is 0 Å². The number of carbonyl (C=O) groups is 3. The molecule has 2 fully saturated rings. The van der Waals surface area contributed by atoms with Crippen molar-refractivity contribution in [1.29, 1.82) is 0 Å². The van der Waals surface area contributed by atoms with Gasteiger partial charge in [0, 0.05) is 44.1 Å². The molecule has 11 heteroatoms. The Labute approximate surface area is 197 Å². The third kappa shape index (κ3) is 5.09. The van der Waals surface area contributed by atoms with E-state index in [-0.39, 0.29) is 35.3 Å². The van der Waals surface area contributed by atoms with Crippen LogP contribution >= 0.6 is 0 Å². The minimum atomic E-state index is -0.453. The molecule has 2 aromatic rings. The molecular weight excluding hydrogens is 438 g/mol. The highest BCUT2D eigenvalue weighted by molar-refractivity contribution is 6.02. The first-order valence-electron chi connectivity index (χ1n) is 11.3. The van der Waals surface area contributed by atoms with Crippen LogP contribution in [0.15, 0.2) is 24.3 Å². The lowest BCUT2D eigenvalue weighted by molar-refractivity contribution is -0.117. The fourth-order valence-corrected chi connectivity index (χ4v) is 3.65. The average Bonchev–Trinajstić information content (AvgIpc) is 3.63. The molecule has 1 atom stereocenters. The minimum Gasteiger partial charge on any atom is -0.494 e. The molecule has 3 amide bonds. The maximum Gasteiger partial charge on any atom is 0.273 e. The van der Waals surface area contributed by atoms with Crippen LogP contribution in [-0.4, -0.2) is 61.2 Å². The van der Waals surface area contributed by atoms with Crippen LogP contribution in [0.4, 0.5) is 17.2 Å². The summed E-state index contributed by atoms with van der Waals surface area (Å²) in [6.45, 7) is 3.72. The van der Waals surface area contributed by atoms with Crippen LogP contribution in [-0.2, 0) is 4.79 Å². The number of hydrogen-bond acceptors (Lipinski definition) is 8. The van der Waals surface area contributed by atoms with Gasteiger partial charge in [-0.1, -0.05) is 6.07 Å². The Morgan fingerprint density at radius 3 is 2.50 bits per heavy atom. The summed E-state index contributed by atoms with van der Waals surface area (Å²) in [5.74, 6) is 0.0938. The zero-order chi connectivity index (χ0) is 24.2. The Morgan fingerprint density at radius 2 is 1.88 bits per heavy atom. The third-order valence-electron chi connectivity index (χ3n) is 6.05. The summed E-state index contributed by atoms with van der Waals surface area (Å²) in [7, 11) is 2.96. The normalized spacial score (nSPS) is 16.1. The van der Waals surface area contributed by atoms with Crippen LogP contribution in [0.2, 0.25) is 0 Å². The van der Waals surface area contributed by atoms with E-state index >= 15 is 0 Å². The van der Waals surface area contributed by atoms with E-state index in [1.807, 2.05) is 6.92 Å². The van der Waals surface area contributed by atoms with E-state index in [1.54, 1.807) is 18.2 Å². The summed E-state index contributed by atoms with van der Waals surface area (Å²) in [5, 5.41) is 22.6. The summed E-state index contributed by atoms with van der Waals surface area (Å²) in [5.41, 5.74) is 1.17. The molecule has 1 unspecified atom stereocenters. The van der Waals surface area contributed by atoms with E-state index in [0.717, 1.165) is 25.9 Å². The Hall–Kier alpha value is -3.73. The van der Waals surface area contributed by atoms with E-state index < -0.39 is 5.91 Å². The second kappa shape index (κ2) is 10.0. The molecule has 0 spiro atoms. The first-order chi connectivity index (χ1) is 16.4. The van der Waals surface area contributed by atoms with Gasteiger partial charge in [0.15, 0.2) is 17.3 Å². The van der Waals surface area contributed by atoms with Gasteiger partial charge in [0.05, 0.1) is 24.0 Å². The Bertz CT molecular complexity index is 1100. The molecule has 34 heavy (non-hydrogen) atoms. The largest absolute Gasteiger partial charge is 0.494 e. The molecule has 1 aliphatic carbocycles. The van der Waals surface area contributed by atoms with Crippen molar-refractivity contribution in [2.75, 3.05) is 37.9 Å². The van der Waals surface area contributed by atoms with Gasteiger partial charge < -0.3 is 31.3 Å². The number of carbonyl (C=O) groups excluding carboxylic acids is 3. The Morgan fingerprint density at radius 1 is 1.12 bits per heavy atom. The molecular formula is C23H29N7O4. The van der Waals surface area contributed by atoms with Gasteiger partial charge in [0.2, 0.25) is 5.91 Å². The van der Waals surface area contributed by atoms with Gasteiger partial charge in [0.1, 0.15) is 0 Å². The van der Waals surface area contributed by atoms with E-state index in [4.69, 9.17) is 4.74 Å². The average molecular weight is 468 g/mol. The first-order valence-corrected chi connectivity index (χ1v) is 11.3. The monoisotopic (exact) mass is 467 g/mol. The lowest BCUT2D eigenvalue weighted by Gasteiger charge is -2.33. The van der Waals surface area contributed by atoms with Crippen molar-refractivity contribution in [3.05, 3.63) is 35.5 Å². The molecule has 1 aromatic heterocycles. The van der Waals surface area contributed by atoms with Crippen LogP contribution in [0.5, 0.6) is 5.75 Å². The van der Waals surface area contributed by atoms with E-state index in [2.05, 4.69) is 36.8 Å². The highest BCUT2D eigenvalue weighted by Crippen LogP contribution is 2.34. The number of aromatic nitrogens is 2. The number of benzene rings is 1. The second-order valence-corrected chi connectivity index (χ2v) is 8.53. The highest BCUT2D eigenvalue weighted by Gasteiger charge is 2.30. The quantitative estimate of drug-likeness (QED) is 0.371. The molecule has 0 bridgehead atoms. The third-order valence-corrected chi connectivity index (χ3v) is 6.05.